The van der Waals surface area contributed by atoms with Crippen LogP contribution in [0.25, 0.3) is 0 Å². The highest BCUT2D eigenvalue weighted by Crippen LogP contribution is 2.20. The van der Waals surface area contributed by atoms with Crippen LogP contribution in [0.15, 0.2) is 53.4 Å². The standard InChI is InChI=1S/C17H19ClN2O3S.ClH/c1-23-14-6-8-15(9-7-14)24(21,22)20-12-10-19(11-13-20)17-5-3-2-4-16(17)18;/h2-9H,10-13H2,1H3;1H. The number of rotatable bonds is 4. The molecule has 0 aliphatic carbocycles. The molecule has 1 saturated heterocycles. The van der Waals surface area contributed by atoms with Crippen LogP contribution in [0.2, 0.25) is 5.02 Å². The topological polar surface area (TPSA) is 51.1 Å². The number of piperazine rings is 1. The van der Waals surface area contributed by atoms with E-state index in [-0.39, 0.29) is 12.4 Å². The Kier molecular flexibility index (Phi) is 6.71. The fourth-order valence-electron chi connectivity index (χ4n) is 2.91. The normalized spacial score (nSPS) is 16.2. The number of benzene rings is 2. The zero-order valence-corrected chi connectivity index (χ0v) is 16.1. The number of nitrogens with zero attached hydrogens (tertiary/aromatic N) is 1. The van der Waals surface area contributed by atoms with Crippen LogP contribution in [-0.4, -0.2) is 46.0 Å². The third-order valence-electron chi connectivity index (χ3n) is 4.28. The lowest BCUT2D eigenvalue weighted by Crippen LogP contribution is -3.10. The molecule has 0 spiro atoms. The summed E-state index contributed by atoms with van der Waals surface area (Å²) < 4.78 is 32.1. The molecule has 3 rings (SSSR count). The summed E-state index contributed by atoms with van der Waals surface area (Å²) in [6, 6.07) is 14.2. The molecule has 136 valence electrons. The highest BCUT2D eigenvalue weighted by Gasteiger charge is 2.31. The molecule has 1 aliphatic rings. The van der Waals surface area contributed by atoms with Crippen molar-refractivity contribution in [3.05, 3.63) is 53.6 Å². The molecule has 25 heavy (non-hydrogen) atoms. The second kappa shape index (κ2) is 8.38. The average molecular weight is 403 g/mol. The maximum absolute atomic E-state index is 12.7. The van der Waals surface area contributed by atoms with Gasteiger partial charge in [0.2, 0.25) is 10.0 Å². The molecule has 0 bridgehead atoms. The van der Waals surface area contributed by atoms with E-state index in [0.717, 1.165) is 10.7 Å². The third kappa shape index (κ3) is 4.27. The van der Waals surface area contributed by atoms with E-state index in [9.17, 15) is 8.42 Å². The van der Waals surface area contributed by atoms with Crippen LogP contribution >= 0.6 is 11.6 Å². The Morgan fingerprint density at radius 3 is 2.20 bits per heavy atom. The fourth-order valence-corrected chi connectivity index (χ4v) is 4.62. The molecule has 0 saturated carbocycles. The number of hydrogen-bond acceptors (Lipinski definition) is 3. The van der Waals surface area contributed by atoms with Gasteiger partial charge in [0.05, 0.1) is 38.2 Å². The molecule has 5 nitrogen and oxygen atoms in total. The van der Waals surface area contributed by atoms with Crippen LogP contribution in [-0.2, 0) is 10.0 Å². The number of halogens is 2. The van der Waals surface area contributed by atoms with Crippen LogP contribution in [0.3, 0.4) is 0 Å². The lowest BCUT2D eigenvalue weighted by Gasteiger charge is -2.31. The maximum Gasteiger partial charge on any atom is 0.243 e. The van der Waals surface area contributed by atoms with Crippen LogP contribution in [0.1, 0.15) is 0 Å². The van der Waals surface area contributed by atoms with E-state index < -0.39 is 10.0 Å². The van der Waals surface area contributed by atoms with E-state index in [2.05, 4.69) is 0 Å². The number of nitrogens with one attached hydrogen (secondary N) is 1. The van der Waals surface area contributed by atoms with E-state index in [1.165, 1.54) is 9.21 Å². The van der Waals surface area contributed by atoms with Crippen LogP contribution in [0.5, 0.6) is 5.75 Å². The zero-order valence-electron chi connectivity index (χ0n) is 13.8. The lowest BCUT2D eigenvalue weighted by molar-refractivity contribution is -0.837. The maximum atomic E-state index is 12.7. The van der Waals surface area contributed by atoms with Gasteiger partial charge in [0, 0.05) is 6.07 Å². The van der Waals surface area contributed by atoms with Crippen molar-refractivity contribution in [2.24, 2.45) is 0 Å². The van der Waals surface area contributed by atoms with Gasteiger partial charge in [0.15, 0.2) is 0 Å². The van der Waals surface area contributed by atoms with Crippen molar-refractivity contribution in [1.82, 2.24) is 4.31 Å². The summed E-state index contributed by atoms with van der Waals surface area (Å²) in [6.07, 6.45) is 0. The molecular weight excluding hydrogens is 383 g/mol. The molecular formula is C17H20Cl2N2O3S. The summed E-state index contributed by atoms with van der Waals surface area (Å²) in [5.74, 6) is 0.641. The summed E-state index contributed by atoms with van der Waals surface area (Å²) in [6.45, 7) is 2.32. The largest absolute Gasteiger partial charge is 1.00 e. The first kappa shape index (κ1) is 20.0. The van der Waals surface area contributed by atoms with Gasteiger partial charge < -0.3 is 17.1 Å². The van der Waals surface area contributed by atoms with Crippen LogP contribution in [0, 0.1) is 0 Å². The van der Waals surface area contributed by atoms with E-state index in [1.807, 2.05) is 24.3 Å². The number of sulfonamides is 1. The zero-order chi connectivity index (χ0) is 17.2. The van der Waals surface area contributed by atoms with Crippen molar-refractivity contribution in [2.75, 3.05) is 33.3 Å². The predicted octanol–water partition coefficient (Wildman–Crippen LogP) is -1.43. The SMILES string of the molecule is COc1ccc(S(=O)(=O)N2CC[NH+](c3ccccc3Cl)CC2)cc1.[Cl-]. The van der Waals surface area contributed by atoms with Gasteiger partial charge in [0.1, 0.15) is 16.5 Å². The van der Waals surface area contributed by atoms with Crippen LogP contribution in [0.4, 0.5) is 5.69 Å². The van der Waals surface area contributed by atoms with Crippen molar-refractivity contribution < 1.29 is 30.5 Å². The van der Waals surface area contributed by atoms with Gasteiger partial charge in [0.25, 0.3) is 0 Å². The molecule has 2 aromatic carbocycles. The summed E-state index contributed by atoms with van der Waals surface area (Å²) in [5, 5.41) is 0.721. The van der Waals surface area contributed by atoms with Crippen molar-refractivity contribution in [2.45, 2.75) is 4.90 Å². The number of para-hydroxylation sites is 1. The van der Waals surface area contributed by atoms with Gasteiger partial charge in [-0.25, -0.2) is 8.42 Å². The molecule has 1 N–H and O–H groups in total. The van der Waals surface area contributed by atoms with E-state index >= 15 is 0 Å². The van der Waals surface area contributed by atoms with E-state index in [1.54, 1.807) is 31.4 Å². The van der Waals surface area contributed by atoms with Gasteiger partial charge in [-0.05, 0) is 30.3 Å². The summed E-state index contributed by atoms with van der Waals surface area (Å²) in [5.41, 5.74) is 1.03. The second-order valence-corrected chi connectivity index (χ2v) is 8.01. The highest BCUT2D eigenvalue weighted by molar-refractivity contribution is 7.89. The molecule has 0 aromatic heterocycles. The highest BCUT2D eigenvalue weighted by atomic mass is 35.5. The quantitative estimate of drug-likeness (QED) is 0.682. The van der Waals surface area contributed by atoms with Crippen molar-refractivity contribution in [3.8, 4) is 5.75 Å². The summed E-state index contributed by atoms with van der Waals surface area (Å²) in [4.78, 5) is 1.51. The molecule has 8 heteroatoms. The predicted molar refractivity (Wildman–Crippen MR) is 93.6 cm³/mol. The average Bonchev–Trinajstić information content (AvgIpc) is 2.62. The Hall–Kier alpha value is -1.31. The Balaban J connectivity index is 0.00000225. The Morgan fingerprint density at radius 2 is 1.64 bits per heavy atom. The number of methoxy groups -OCH3 is 1. The summed E-state index contributed by atoms with van der Waals surface area (Å²) in [7, 11) is -1.92. The molecule has 0 unspecified atom stereocenters. The van der Waals surface area contributed by atoms with Gasteiger partial charge in [-0.2, -0.15) is 4.31 Å². The molecule has 2 aromatic rings. The number of hydrogen-bond donors (Lipinski definition) is 1. The first-order chi connectivity index (χ1) is 11.5. The fraction of sp³-hybridized carbons (Fsp3) is 0.294. The smallest absolute Gasteiger partial charge is 0.243 e. The Morgan fingerprint density at radius 1 is 1.04 bits per heavy atom. The minimum Gasteiger partial charge on any atom is -1.00 e. The molecule has 1 aliphatic heterocycles. The number of ether oxygens (including phenoxy) is 1. The van der Waals surface area contributed by atoms with Crippen molar-refractivity contribution >= 4 is 27.3 Å². The van der Waals surface area contributed by atoms with Gasteiger partial charge in [-0.15, -0.1) is 0 Å². The lowest BCUT2D eigenvalue weighted by atomic mass is 10.2. The minimum atomic E-state index is -3.47. The Labute approximate surface area is 159 Å². The van der Waals surface area contributed by atoms with Crippen LogP contribution < -0.4 is 22.0 Å². The van der Waals surface area contributed by atoms with Gasteiger partial charge in [-0.1, -0.05) is 23.7 Å². The monoisotopic (exact) mass is 402 g/mol. The van der Waals surface area contributed by atoms with E-state index in [4.69, 9.17) is 16.3 Å². The third-order valence-corrected chi connectivity index (χ3v) is 6.52. The molecule has 0 radical (unpaired) electrons. The van der Waals surface area contributed by atoms with Gasteiger partial charge in [-0.3, -0.25) is 4.90 Å². The summed E-state index contributed by atoms with van der Waals surface area (Å²) >= 11 is 6.24. The minimum absolute atomic E-state index is 0. The molecule has 0 amide bonds. The molecule has 1 heterocycles. The van der Waals surface area contributed by atoms with Crippen molar-refractivity contribution in [1.29, 1.82) is 0 Å². The van der Waals surface area contributed by atoms with E-state index in [0.29, 0.717) is 36.8 Å². The second-order valence-electron chi connectivity index (χ2n) is 5.66. The molecule has 0 atom stereocenters. The first-order valence-corrected chi connectivity index (χ1v) is 9.58. The first-order valence-electron chi connectivity index (χ1n) is 7.76. The van der Waals surface area contributed by atoms with Gasteiger partial charge >= 0.3 is 0 Å². The Bertz CT molecular complexity index is 805. The van der Waals surface area contributed by atoms with Crippen molar-refractivity contribution in [3.63, 3.8) is 0 Å². The molecule has 1 fully saturated rings. The number of quaternary nitrogens is 1.